The summed E-state index contributed by atoms with van der Waals surface area (Å²) in [5.41, 5.74) is 1.60. The van der Waals surface area contributed by atoms with Crippen LogP contribution in [-0.2, 0) is 11.8 Å². The highest BCUT2D eigenvalue weighted by atomic mass is 32.1. The molecule has 0 aliphatic rings. The Labute approximate surface area is 82.7 Å². The van der Waals surface area contributed by atoms with E-state index in [0.717, 1.165) is 11.4 Å². The summed E-state index contributed by atoms with van der Waals surface area (Å²) in [6.45, 7) is 1.86. The molecule has 0 atom stereocenters. The number of amides is 1. The Hall–Kier alpha value is -0.970. The van der Waals surface area contributed by atoms with E-state index < -0.39 is 0 Å². The Morgan fingerprint density at radius 2 is 2.46 bits per heavy atom. The first-order valence-electron chi connectivity index (χ1n) is 4.04. The summed E-state index contributed by atoms with van der Waals surface area (Å²) in [7, 11) is 1.82. The number of thiol groups is 1. The number of aryl methyl sites for hydroxylation is 2. The number of carbonyl (C=O) groups excluding carboxylic acids is 1. The lowest BCUT2D eigenvalue weighted by atomic mass is 10.3. The van der Waals surface area contributed by atoms with Crippen molar-refractivity contribution in [3.05, 3.63) is 11.9 Å². The maximum Gasteiger partial charge on any atom is 0.225 e. The van der Waals surface area contributed by atoms with Crippen molar-refractivity contribution < 1.29 is 4.79 Å². The lowest BCUT2D eigenvalue weighted by Gasteiger charge is -2.00. The van der Waals surface area contributed by atoms with Crippen molar-refractivity contribution in [1.29, 1.82) is 0 Å². The van der Waals surface area contributed by atoms with Gasteiger partial charge in [0, 0.05) is 19.7 Å². The van der Waals surface area contributed by atoms with Crippen molar-refractivity contribution in [2.75, 3.05) is 11.1 Å². The fraction of sp³-hybridized carbons (Fsp3) is 0.500. The predicted molar refractivity (Wildman–Crippen MR) is 55.0 cm³/mol. The maximum atomic E-state index is 11.2. The molecule has 1 aromatic heterocycles. The van der Waals surface area contributed by atoms with Crippen molar-refractivity contribution in [1.82, 2.24) is 9.78 Å². The Balaban J connectivity index is 2.63. The van der Waals surface area contributed by atoms with Gasteiger partial charge in [0.25, 0.3) is 0 Å². The van der Waals surface area contributed by atoms with Gasteiger partial charge in [0.2, 0.25) is 5.91 Å². The van der Waals surface area contributed by atoms with Gasteiger partial charge < -0.3 is 5.32 Å². The average molecular weight is 199 g/mol. The van der Waals surface area contributed by atoms with Gasteiger partial charge in [-0.1, -0.05) is 0 Å². The van der Waals surface area contributed by atoms with E-state index in [1.165, 1.54) is 0 Å². The van der Waals surface area contributed by atoms with Crippen molar-refractivity contribution in [2.45, 2.75) is 13.3 Å². The minimum atomic E-state index is -0.0221. The van der Waals surface area contributed by atoms with Gasteiger partial charge in [-0.15, -0.1) is 0 Å². The zero-order valence-corrected chi connectivity index (χ0v) is 8.64. The number of aromatic nitrogens is 2. The van der Waals surface area contributed by atoms with E-state index in [4.69, 9.17) is 0 Å². The minimum Gasteiger partial charge on any atom is -0.323 e. The summed E-state index contributed by atoms with van der Waals surface area (Å²) in [4.78, 5) is 11.2. The molecule has 1 heterocycles. The number of hydrogen-bond acceptors (Lipinski definition) is 3. The zero-order chi connectivity index (χ0) is 9.84. The van der Waals surface area contributed by atoms with Gasteiger partial charge >= 0.3 is 0 Å². The highest BCUT2D eigenvalue weighted by Crippen LogP contribution is 2.11. The summed E-state index contributed by atoms with van der Waals surface area (Å²) in [6.07, 6.45) is 2.21. The van der Waals surface area contributed by atoms with Crippen LogP contribution in [-0.4, -0.2) is 21.4 Å². The SMILES string of the molecule is Cc1nn(C)cc1NC(=O)CCS. The minimum absolute atomic E-state index is 0.0221. The number of anilines is 1. The number of hydrogen-bond donors (Lipinski definition) is 2. The molecule has 1 aromatic rings. The third-order valence-electron chi connectivity index (χ3n) is 1.63. The maximum absolute atomic E-state index is 11.2. The van der Waals surface area contributed by atoms with Crippen LogP contribution in [0.1, 0.15) is 12.1 Å². The molecule has 1 amide bonds. The number of nitrogens with zero attached hydrogens (tertiary/aromatic N) is 2. The first-order chi connectivity index (χ1) is 6.13. The van der Waals surface area contributed by atoms with Gasteiger partial charge in [-0.2, -0.15) is 17.7 Å². The molecular weight excluding hydrogens is 186 g/mol. The standard InChI is InChI=1S/C8H13N3OS/c1-6-7(5-11(2)10-6)9-8(12)3-4-13/h5,13H,3-4H2,1-2H3,(H,9,12). The third-order valence-corrected chi connectivity index (χ3v) is 1.85. The highest BCUT2D eigenvalue weighted by molar-refractivity contribution is 7.80. The zero-order valence-electron chi connectivity index (χ0n) is 7.74. The molecule has 0 aliphatic heterocycles. The Morgan fingerprint density at radius 3 is 2.92 bits per heavy atom. The van der Waals surface area contributed by atoms with Crippen LogP contribution in [0.4, 0.5) is 5.69 Å². The van der Waals surface area contributed by atoms with Crippen molar-refractivity contribution in [3.63, 3.8) is 0 Å². The van der Waals surface area contributed by atoms with Gasteiger partial charge in [-0.3, -0.25) is 9.48 Å². The fourth-order valence-corrected chi connectivity index (χ4v) is 1.24. The number of rotatable bonds is 3. The van der Waals surface area contributed by atoms with Crippen molar-refractivity contribution in [3.8, 4) is 0 Å². The normalized spacial score (nSPS) is 10.1. The summed E-state index contributed by atoms with van der Waals surface area (Å²) < 4.78 is 1.67. The summed E-state index contributed by atoms with van der Waals surface area (Å²) in [6, 6.07) is 0. The van der Waals surface area contributed by atoms with E-state index in [0.29, 0.717) is 12.2 Å². The monoisotopic (exact) mass is 199 g/mol. The Morgan fingerprint density at radius 1 is 1.77 bits per heavy atom. The van der Waals surface area contributed by atoms with Crippen LogP contribution in [0, 0.1) is 6.92 Å². The molecule has 4 nitrogen and oxygen atoms in total. The molecule has 0 radical (unpaired) electrons. The van der Waals surface area contributed by atoms with Crippen LogP contribution in [0.25, 0.3) is 0 Å². The van der Waals surface area contributed by atoms with E-state index >= 15 is 0 Å². The molecule has 5 heteroatoms. The van der Waals surface area contributed by atoms with Gasteiger partial charge in [0.15, 0.2) is 0 Å². The third kappa shape index (κ3) is 2.77. The van der Waals surface area contributed by atoms with Gasteiger partial charge in [0.1, 0.15) is 0 Å². The van der Waals surface area contributed by atoms with Crippen LogP contribution in [0.3, 0.4) is 0 Å². The lowest BCUT2D eigenvalue weighted by Crippen LogP contribution is -2.11. The molecule has 72 valence electrons. The van der Waals surface area contributed by atoms with Gasteiger partial charge in [-0.25, -0.2) is 0 Å². The molecule has 13 heavy (non-hydrogen) atoms. The first-order valence-corrected chi connectivity index (χ1v) is 4.67. The Kier molecular flexibility index (Phi) is 3.36. The molecule has 0 spiro atoms. The van der Waals surface area contributed by atoms with Gasteiger partial charge in [0.05, 0.1) is 11.4 Å². The predicted octanol–water partition coefficient (Wildman–Crippen LogP) is 0.987. The highest BCUT2D eigenvalue weighted by Gasteiger charge is 2.05. The molecule has 0 fully saturated rings. The van der Waals surface area contributed by atoms with Crippen molar-refractivity contribution >= 4 is 24.2 Å². The molecule has 1 rings (SSSR count). The quantitative estimate of drug-likeness (QED) is 0.713. The van der Waals surface area contributed by atoms with Crippen LogP contribution < -0.4 is 5.32 Å². The van der Waals surface area contributed by atoms with E-state index in [2.05, 4.69) is 23.0 Å². The molecule has 0 saturated heterocycles. The first kappa shape index (κ1) is 10.1. The second-order valence-corrected chi connectivity index (χ2v) is 3.27. The Bertz CT molecular complexity index is 308. The smallest absolute Gasteiger partial charge is 0.225 e. The largest absolute Gasteiger partial charge is 0.323 e. The fourth-order valence-electron chi connectivity index (χ4n) is 1.04. The molecule has 0 unspecified atom stereocenters. The molecule has 0 saturated carbocycles. The molecular formula is C8H13N3OS. The van der Waals surface area contributed by atoms with E-state index in [9.17, 15) is 4.79 Å². The second kappa shape index (κ2) is 4.32. The number of nitrogens with one attached hydrogen (secondary N) is 1. The average Bonchev–Trinajstić information content (AvgIpc) is 2.30. The molecule has 1 N–H and O–H groups in total. The van der Waals surface area contributed by atoms with Gasteiger partial charge in [-0.05, 0) is 12.7 Å². The van der Waals surface area contributed by atoms with E-state index in [1.54, 1.807) is 10.9 Å². The topological polar surface area (TPSA) is 46.9 Å². The second-order valence-electron chi connectivity index (χ2n) is 2.82. The van der Waals surface area contributed by atoms with Crippen LogP contribution in [0.5, 0.6) is 0 Å². The van der Waals surface area contributed by atoms with E-state index in [-0.39, 0.29) is 5.91 Å². The van der Waals surface area contributed by atoms with Crippen molar-refractivity contribution in [2.24, 2.45) is 7.05 Å². The lowest BCUT2D eigenvalue weighted by molar-refractivity contribution is -0.115. The van der Waals surface area contributed by atoms with E-state index in [1.807, 2.05) is 14.0 Å². The molecule has 0 aromatic carbocycles. The molecule has 0 aliphatic carbocycles. The molecule has 0 bridgehead atoms. The summed E-state index contributed by atoms with van der Waals surface area (Å²) in [5.74, 6) is 0.539. The van der Waals surface area contributed by atoms with Crippen LogP contribution >= 0.6 is 12.6 Å². The van der Waals surface area contributed by atoms with Crippen LogP contribution in [0.2, 0.25) is 0 Å². The summed E-state index contributed by atoms with van der Waals surface area (Å²) in [5, 5.41) is 6.87. The summed E-state index contributed by atoms with van der Waals surface area (Å²) >= 11 is 3.98. The van der Waals surface area contributed by atoms with Crippen LogP contribution in [0.15, 0.2) is 6.20 Å². The number of carbonyl (C=O) groups is 1.